The zero-order valence-electron chi connectivity index (χ0n) is 19.8. The second-order valence-electron chi connectivity index (χ2n) is 8.62. The molecule has 0 aliphatic heterocycles. The first-order chi connectivity index (χ1) is 17.7. The summed E-state index contributed by atoms with van der Waals surface area (Å²) in [6, 6.07) is 9.12. The molecule has 0 bridgehead atoms. The van der Waals surface area contributed by atoms with Gasteiger partial charge in [0.15, 0.2) is 0 Å². The maximum atomic E-state index is 14.6. The van der Waals surface area contributed by atoms with Crippen LogP contribution in [0.1, 0.15) is 29.6 Å². The summed E-state index contributed by atoms with van der Waals surface area (Å²) < 4.78 is 14.6. The minimum absolute atomic E-state index is 0.107. The van der Waals surface area contributed by atoms with Crippen LogP contribution in [0.15, 0.2) is 41.2 Å². The van der Waals surface area contributed by atoms with Crippen molar-refractivity contribution in [2.45, 2.75) is 31.5 Å². The van der Waals surface area contributed by atoms with Crippen LogP contribution in [0.2, 0.25) is 0 Å². The topological polar surface area (TPSA) is 180 Å². The number of aliphatic carboxylic acids is 1. The highest BCUT2D eigenvalue weighted by Gasteiger charge is 2.20. The number of nitrogens with one attached hydrogen (secondary N) is 4. The Hall–Kier alpha value is -4.29. The van der Waals surface area contributed by atoms with E-state index in [1.165, 1.54) is 12.1 Å². The molecule has 2 heterocycles. The lowest BCUT2D eigenvalue weighted by molar-refractivity contribution is -0.139. The summed E-state index contributed by atoms with van der Waals surface area (Å²) in [6.07, 6.45) is -2.59. The number of imidazole rings is 1. The Bertz CT molecular complexity index is 1530. The summed E-state index contributed by atoms with van der Waals surface area (Å²) in [4.78, 5) is 46.2. The summed E-state index contributed by atoms with van der Waals surface area (Å²) in [7, 11) is 1.58. The first-order valence-electron chi connectivity index (χ1n) is 11.6. The molecule has 4 rings (SSSR count). The number of benzene rings is 2. The third-order valence-corrected chi connectivity index (χ3v) is 5.94. The normalized spacial score (nSPS) is 13.0. The number of aromatic amines is 2. The first kappa shape index (κ1) is 25.8. The van der Waals surface area contributed by atoms with E-state index in [1.807, 2.05) is 0 Å². The van der Waals surface area contributed by atoms with Crippen LogP contribution < -0.4 is 16.2 Å². The first-order valence-corrected chi connectivity index (χ1v) is 11.6. The van der Waals surface area contributed by atoms with Crippen LogP contribution in [-0.4, -0.2) is 67.9 Å². The van der Waals surface area contributed by atoms with Gasteiger partial charge in [0.1, 0.15) is 17.2 Å². The van der Waals surface area contributed by atoms with Crippen LogP contribution in [-0.2, 0) is 4.79 Å². The van der Waals surface area contributed by atoms with E-state index < -0.39 is 41.9 Å². The number of aliphatic hydroxyl groups excluding tert-OH is 2. The molecular formula is C25H26FN5O6. The molecule has 0 aliphatic rings. The number of H-pyrrole nitrogens is 2. The van der Waals surface area contributed by atoms with Gasteiger partial charge in [0.25, 0.3) is 11.5 Å². The van der Waals surface area contributed by atoms with Gasteiger partial charge in [0.2, 0.25) is 0 Å². The fraction of sp³-hybridized carbons (Fsp3) is 0.280. The number of rotatable bonds is 10. The minimum Gasteiger partial charge on any atom is -0.481 e. The Balaban J connectivity index is 1.52. The van der Waals surface area contributed by atoms with Crippen molar-refractivity contribution in [3.8, 4) is 11.4 Å². The van der Waals surface area contributed by atoms with Crippen LogP contribution in [0.3, 0.4) is 0 Å². The van der Waals surface area contributed by atoms with Crippen molar-refractivity contribution < 1.29 is 29.3 Å². The number of carboxylic acids is 1. The number of carbonyl (C=O) groups is 2. The van der Waals surface area contributed by atoms with Crippen molar-refractivity contribution in [1.82, 2.24) is 20.3 Å². The summed E-state index contributed by atoms with van der Waals surface area (Å²) in [6.45, 7) is 0.107. The van der Waals surface area contributed by atoms with Crippen LogP contribution in [0, 0.1) is 5.82 Å². The second-order valence-corrected chi connectivity index (χ2v) is 8.62. The number of carboxylic acid groups (broad SMARTS) is 1. The van der Waals surface area contributed by atoms with Crippen LogP contribution in [0.25, 0.3) is 33.3 Å². The number of aliphatic hydroxyl groups is 2. The highest BCUT2D eigenvalue weighted by Crippen LogP contribution is 2.32. The monoisotopic (exact) mass is 511 g/mol. The number of fused-ring (bicyclic) bond motifs is 2. The SMILES string of the molecule is CNc1c(-c2nc3ccc(C(=O)NCCC(O)CC(O)CC(=O)O)cc3[nH]2)c(=O)[nH]c2cccc(F)c12. The Morgan fingerprint density at radius 1 is 1.11 bits per heavy atom. The molecule has 2 unspecified atom stereocenters. The Labute approximate surface area is 209 Å². The quantitative estimate of drug-likeness (QED) is 0.169. The molecule has 7 N–H and O–H groups in total. The number of aromatic nitrogens is 3. The van der Waals surface area contributed by atoms with Gasteiger partial charge in [0, 0.05) is 19.2 Å². The maximum absolute atomic E-state index is 14.6. The van der Waals surface area contributed by atoms with Gasteiger partial charge in [-0.1, -0.05) is 6.07 Å². The zero-order chi connectivity index (χ0) is 26.7. The lowest BCUT2D eigenvalue weighted by atomic mass is 10.1. The van der Waals surface area contributed by atoms with Crippen molar-refractivity contribution >= 4 is 39.5 Å². The molecule has 0 spiro atoms. The summed E-state index contributed by atoms with van der Waals surface area (Å²) >= 11 is 0. The van der Waals surface area contributed by atoms with Gasteiger partial charge in [-0.25, -0.2) is 9.37 Å². The molecule has 37 heavy (non-hydrogen) atoms. The molecule has 0 saturated carbocycles. The number of anilines is 1. The third kappa shape index (κ3) is 5.60. The molecule has 4 aromatic rings. The number of halogens is 1. The molecule has 2 atom stereocenters. The lowest BCUT2D eigenvalue weighted by Gasteiger charge is -2.14. The van der Waals surface area contributed by atoms with Crippen molar-refractivity contribution in [3.63, 3.8) is 0 Å². The molecule has 194 valence electrons. The molecule has 0 saturated heterocycles. The van der Waals surface area contributed by atoms with Gasteiger partial charge in [-0.2, -0.15) is 0 Å². The van der Waals surface area contributed by atoms with Crippen molar-refractivity contribution in [3.05, 3.63) is 58.1 Å². The van der Waals surface area contributed by atoms with E-state index >= 15 is 0 Å². The van der Waals surface area contributed by atoms with Gasteiger partial charge in [-0.15, -0.1) is 0 Å². The molecule has 0 aliphatic carbocycles. The average Bonchev–Trinajstić information content (AvgIpc) is 3.25. The maximum Gasteiger partial charge on any atom is 0.305 e. The smallest absolute Gasteiger partial charge is 0.305 e. The number of nitrogens with zero attached hydrogens (tertiary/aromatic N) is 1. The van der Waals surface area contributed by atoms with Gasteiger partial charge in [-0.05, 0) is 43.2 Å². The molecule has 0 fully saturated rings. The van der Waals surface area contributed by atoms with Gasteiger partial charge in [0.05, 0.1) is 46.3 Å². The fourth-order valence-corrected chi connectivity index (χ4v) is 4.22. The Morgan fingerprint density at radius 2 is 1.89 bits per heavy atom. The summed E-state index contributed by atoms with van der Waals surface area (Å²) in [5.41, 5.74) is 1.55. The van der Waals surface area contributed by atoms with E-state index in [1.54, 1.807) is 31.3 Å². The number of hydrogen-bond donors (Lipinski definition) is 7. The molecule has 11 nitrogen and oxygen atoms in total. The van der Waals surface area contributed by atoms with Crippen LogP contribution >= 0.6 is 0 Å². The number of pyridine rings is 1. The third-order valence-electron chi connectivity index (χ3n) is 5.94. The van der Waals surface area contributed by atoms with E-state index in [4.69, 9.17) is 5.11 Å². The van der Waals surface area contributed by atoms with Crippen molar-refractivity contribution in [1.29, 1.82) is 0 Å². The summed E-state index contributed by atoms with van der Waals surface area (Å²) in [5, 5.41) is 34.0. The molecule has 1 amide bonds. The minimum atomic E-state index is -1.17. The Morgan fingerprint density at radius 3 is 2.62 bits per heavy atom. The predicted molar refractivity (Wildman–Crippen MR) is 135 cm³/mol. The predicted octanol–water partition coefficient (Wildman–Crippen LogP) is 1.96. The number of hydrogen-bond acceptors (Lipinski definition) is 7. The highest BCUT2D eigenvalue weighted by molar-refractivity contribution is 6.00. The summed E-state index contributed by atoms with van der Waals surface area (Å²) in [5.74, 6) is -1.88. The largest absolute Gasteiger partial charge is 0.481 e. The van der Waals surface area contributed by atoms with E-state index in [-0.39, 0.29) is 41.8 Å². The lowest BCUT2D eigenvalue weighted by Crippen LogP contribution is -2.29. The van der Waals surface area contributed by atoms with Gasteiger partial charge in [-0.3, -0.25) is 14.4 Å². The fourth-order valence-electron chi connectivity index (χ4n) is 4.22. The average molecular weight is 512 g/mol. The van der Waals surface area contributed by atoms with Crippen molar-refractivity contribution in [2.24, 2.45) is 0 Å². The van der Waals surface area contributed by atoms with E-state index in [0.717, 1.165) is 0 Å². The van der Waals surface area contributed by atoms with E-state index in [0.29, 0.717) is 22.1 Å². The zero-order valence-corrected chi connectivity index (χ0v) is 19.8. The molecule has 2 aromatic heterocycles. The van der Waals surface area contributed by atoms with Gasteiger partial charge < -0.3 is 35.9 Å². The number of carbonyl (C=O) groups excluding carboxylic acids is 1. The standard InChI is InChI=1S/C25H26FN5O6/c1-27-22-20-15(26)3-2-4-17(20)31-25(37)21(22)23-29-16-6-5-12(9-18(16)30-23)24(36)28-8-7-13(32)10-14(33)11-19(34)35/h2-6,9,13-14,32-33H,7-8,10-11H2,1H3,(H,28,36)(H,29,30)(H,34,35)(H2,27,31,37). The molecule has 12 heteroatoms. The van der Waals surface area contributed by atoms with Crippen LogP contribution in [0.4, 0.5) is 10.1 Å². The van der Waals surface area contributed by atoms with E-state index in [2.05, 4.69) is 25.6 Å². The van der Waals surface area contributed by atoms with Gasteiger partial charge >= 0.3 is 5.97 Å². The molecular weight excluding hydrogens is 485 g/mol. The second kappa shape index (κ2) is 10.8. The molecule has 0 radical (unpaired) electrons. The highest BCUT2D eigenvalue weighted by atomic mass is 19.1. The Kier molecular flexibility index (Phi) is 7.50. The molecule has 2 aromatic carbocycles. The van der Waals surface area contributed by atoms with Crippen LogP contribution in [0.5, 0.6) is 0 Å². The van der Waals surface area contributed by atoms with E-state index in [9.17, 15) is 29.0 Å². The van der Waals surface area contributed by atoms with Crippen molar-refractivity contribution in [2.75, 3.05) is 18.9 Å². The number of amides is 1.